The van der Waals surface area contributed by atoms with Gasteiger partial charge >= 0.3 is 0 Å². The van der Waals surface area contributed by atoms with Gasteiger partial charge in [0.25, 0.3) is 0 Å². The van der Waals surface area contributed by atoms with Crippen LogP contribution in [0.2, 0.25) is 0 Å². The number of thioether (sulfide) groups is 1. The van der Waals surface area contributed by atoms with Crippen molar-refractivity contribution in [2.75, 3.05) is 22.4 Å². The van der Waals surface area contributed by atoms with E-state index in [0.717, 1.165) is 15.7 Å². The lowest BCUT2D eigenvalue weighted by Crippen LogP contribution is -2.31. The van der Waals surface area contributed by atoms with Gasteiger partial charge in [-0.1, -0.05) is 71.1 Å². The van der Waals surface area contributed by atoms with Gasteiger partial charge in [0.15, 0.2) is 4.34 Å². The molecule has 1 amide bonds. The fraction of sp³-hybridized carbons (Fsp3) is 0.286. The number of nitrogens with one attached hydrogen (secondary N) is 1. The quantitative estimate of drug-likeness (QED) is 0.346. The first-order chi connectivity index (χ1) is 14.8. The first-order valence-electron chi connectivity index (χ1n) is 9.66. The maximum atomic E-state index is 12.3. The van der Waals surface area contributed by atoms with E-state index in [0.29, 0.717) is 17.2 Å². The van der Waals surface area contributed by atoms with E-state index in [1.54, 1.807) is 23.9 Å². The molecule has 0 radical (unpaired) electrons. The van der Waals surface area contributed by atoms with E-state index >= 15 is 0 Å². The van der Waals surface area contributed by atoms with Crippen LogP contribution in [0.15, 0.2) is 58.9 Å². The largest absolute Gasteiger partial charge is 0.301 e. The Labute approximate surface area is 191 Å². The van der Waals surface area contributed by atoms with Gasteiger partial charge in [0.05, 0.1) is 11.9 Å². The summed E-state index contributed by atoms with van der Waals surface area (Å²) >= 11 is 2.89. The molecule has 0 unspecified atom stereocenters. The van der Waals surface area contributed by atoms with Crippen molar-refractivity contribution in [2.45, 2.75) is 29.9 Å². The number of carbonyl (C=O) groups excluding carboxylic acids is 1. The molecule has 2 aromatic carbocycles. The standard InChI is InChI=1S/C21H24N4O3S3/c1-16-10-12-18(13-11-16)25(31(2,27)28)14-6-9-19(26)22-20-23-24-21(30-20)29-15-17-7-4-3-5-8-17/h3-5,7-8,10-13H,6,9,14-15H2,1-2H3,(H,22,23,26). The molecule has 0 saturated heterocycles. The smallest absolute Gasteiger partial charge is 0.232 e. The predicted octanol–water partition coefficient (Wildman–Crippen LogP) is 4.32. The van der Waals surface area contributed by atoms with Crippen molar-refractivity contribution in [1.29, 1.82) is 0 Å². The summed E-state index contributed by atoms with van der Waals surface area (Å²) in [5, 5.41) is 11.3. The molecule has 0 bridgehead atoms. The third-order valence-corrected chi connectivity index (χ3v) is 7.58. The summed E-state index contributed by atoms with van der Waals surface area (Å²) < 4.78 is 26.4. The van der Waals surface area contributed by atoms with Crippen molar-refractivity contribution in [3.63, 3.8) is 0 Å². The third-order valence-electron chi connectivity index (χ3n) is 4.35. The molecule has 1 aromatic heterocycles. The zero-order chi connectivity index (χ0) is 22.3. The molecule has 0 aliphatic carbocycles. The van der Waals surface area contributed by atoms with Crippen LogP contribution in [0.4, 0.5) is 10.8 Å². The lowest BCUT2D eigenvalue weighted by Gasteiger charge is -2.22. The van der Waals surface area contributed by atoms with Crippen LogP contribution in [0.1, 0.15) is 24.0 Å². The third kappa shape index (κ3) is 7.34. The molecule has 7 nitrogen and oxygen atoms in total. The van der Waals surface area contributed by atoms with Crippen molar-refractivity contribution in [2.24, 2.45) is 0 Å². The van der Waals surface area contributed by atoms with Gasteiger partial charge < -0.3 is 5.32 Å². The highest BCUT2D eigenvalue weighted by atomic mass is 32.2. The maximum absolute atomic E-state index is 12.3. The van der Waals surface area contributed by atoms with Crippen LogP contribution in [-0.2, 0) is 20.6 Å². The van der Waals surface area contributed by atoms with Crippen LogP contribution in [0.3, 0.4) is 0 Å². The summed E-state index contributed by atoms with van der Waals surface area (Å²) in [7, 11) is -3.43. The number of anilines is 2. The first-order valence-corrected chi connectivity index (χ1v) is 13.3. The van der Waals surface area contributed by atoms with Crippen LogP contribution in [0.5, 0.6) is 0 Å². The summed E-state index contributed by atoms with van der Waals surface area (Å²) in [4.78, 5) is 12.3. The van der Waals surface area contributed by atoms with E-state index in [2.05, 4.69) is 15.5 Å². The number of rotatable bonds is 10. The average Bonchev–Trinajstić information content (AvgIpc) is 3.18. The SMILES string of the molecule is Cc1ccc(N(CCCC(=O)Nc2nnc(SCc3ccccc3)s2)S(C)(=O)=O)cc1. The Bertz CT molecular complexity index is 1100. The Morgan fingerprint density at radius 1 is 1.10 bits per heavy atom. The number of hydrogen-bond donors (Lipinski definition) is 1. The number of sulfonamides is 1. The molecular weight excluding hydrogens is 452 g/mol. The molecule has 164 valence electrons. The van der Waals surface area contributed by atoms with E-state index < -0.39 is 10.0 Å². The molecular formula is C21H24N4O3S3. The summed E-state index contributed by atoms with van der Waals surface area (Å²) in [6, 6.07) is 17.3. The number of hydrogen-bond acceptors (Lipinski definition) is 7. The first kappa shape index (κ1) is 23.2. The number of carbonyl (C=O) groups is 1. The van der Waals surface area contributed by atoms with E-state index in [1.807, 2.05) is 49.4 Å². The van der Waals surface area contributed by atoms with Gasteiger partial charge in [0, 0.05) is 18.7 Å². The monoisotopic (exact) mass is 476 g/mol. The fourth-order valence-electron chi connectivity index (χ4n) is 2.80. The van der Waals surface area contributed by atoms with Crippen molar-refractivity contribution in [3.05, 3.63) is 65.7 Å². The van der Waals surface area contributed by atoms with Gasteiger partial charge in [-0.2, -0.15) is 0 Å². The summed E-state index contributed by atoms with van der Waals surface area (Å²) in [5.41, 5.74) is 2.84. The highest BCUT2D eigenvalue weighted by Gasteiger charge is 2.18. The molecule has 31 heavy (non-hydrogen) atoms. The minimum absolute atomic E-state index is 0.184. The van der Waals surface area contributed by atoms with Crippen molar-refractivity contribution < 1.29 is 13.2 Å². The zero-order valence-electron chi connectivity index (χ0n) is 17.3. The molecule has 0 aliphatic rings. The predicted molar refractivity (Wildman–Crippen MR) is 127 cm³/mol. The Morgan fingerprint density at radius 2 is 1.81 bits per heavy atom. The average molecular weight is 477 g/mol. The maximum Gasteiger partial charge on any atom is 0.232 e. The van der Waals surface area contributed by atoms with E-state index in [4.69, 9.17) is 0 Å². The van der Waals surface area contributed by atoms with Gasteiger partial charge in [-0.15, -0.1) is 10.2 Å². The van der Waals surface area contributed by atoms with Gasteiger partial charge in [-0.05, 0) is 31.0 Å². The Balaban J connectivity index is 1.48. The topological polar surface area (TPSA) is 92.3 Å². The van der Waals surface area contributed by atoms with Gasteiger partial charge in [-0.3, -0.25) is 9.10 Å². The minimum Gasteiger partial charge on any atom is -0.301 e. The lowest BCUT2D eigenvalue weighted by molar-refractivity contribution is -0.116. The number of benzene rings is 2. The van der Waals surface area contributed by atoms with E-state index in [1.165, 1.54) is 27.5 Å². The molecule has 0 saturated carbocycles. The minimum atomic E-state index is -3.43. The van der Waals surface area contributed by atoms with Crippen molar-refractivity contribution in [1.82, 2.24) is 10.2 Å². The fourth-order valence-corrected chi connectivity index (χ4v) is 5.49. The molecule has 0 fully saturated rings. The summed E-state index contributed by atoms with van der Waals surface area (Å²) in [6.45, 7) is 2.17. The molecule has 1 N–H and O–H groups in total. The highest BCUT2D eigenvalue weighted by Crippen LogP contribution is 2.28. The molecule has 0 spiro atoms. The normalized spacial score (nSPS) is 11.3. The molecule has 10 heteroatoms. The second-order valence-corrected chi connectivity index (χ2v) is 11.1. The molecule has 3 aromatic rings. The number of nitrogens with zero attached hydrogens (tertiary/aromatic N) is 3. The van der Waals surface area contributed by atoms with Crippen LogP contribution in [0.25, 0.3) is 0 Å². The summed E-state index contributed by atoms with van der Waals surface area (Å²) in [6.07, 6.45) is 1.74. The van der Waals surface area contributed by atoms with Crippen molar-refractivity contribution in [3.8, 4) is 0 Å². The van der Waals surface area contributed by atoms with Crippen LogP contribution < -0.4 is 9.62 Å². The van der Waals surface area contributed by atoms with Crippen LogP contribution >= 0.6 is 23.1 Å². The van der Waals surface area contributed by atoms with Crippen LogP contribution in [-0.4, -0.2) is 37.3 Å². The Morgan fingerprint density at radius 3 is 2.48 bits per heavy atom. The molecule has 0 atom stereocenters. The van der Waals surface area contributed by atoms with Gasteiger partial charge in [0.2, 0.25) is 21.1 Å². The lowest BCUT2D eigenvalue weighted by atomic mass is 10.2. The second kappa shape index (κ2) is 10.7. The highest BCUT2D eigenvalue weighted by molar-refractivity contribution is 8.00. The second-order valence-electron chi connectivity index (χ2n) is 6.97. The Hall–Kier alpha value is -2.43. The van der Waals surface area contributed by atoms with Gasteiger partial charge in [-0.25, -0.2) is 8.42 Å². The van der Waals surface area contributed by atoms with Crippen molar-refractivity contribution >= 4 is 49.8 Å². The number of amides is 1. The Kier molecular flexibility index (Phi) is 8.05. The zero-order valence-corrected chi connectivity index (χ0v) is 19.8. The van der Waals surface area contributed by atoms with E-state index in [-0.39, 0.29) is 18.9 Å². The number of aryl methyl sites for hydroxylation is 1. The van der Waals surface area contributed by atoms with E-state index in [9.17, 15) is 13.2 Å². The number of aromatic nitrogens is 2. The van der Waals surface area contributed by atoms with Crippen LogP contribution in [0, 0.1) is 6.92 Å². The molecule has 3 rings (SSSR count). The van der Waals surface area contributed by atoms with Gasteiger partial charge in [0.1, 0.15) is 0 Å². The summed E-state index contributed by atoms with van der Waals surface area (Å²) in [5.74, 6) is 0.567. The molecule has 0 aliphatic heterocycles. The molecule has 1 heterocycles.